The summed E-state index contributed by atoms with van der Waals surface area (Å²) < 4.78 is 62.7. The van der Waals surface area contributed by atoms with Crippen molar-refractivity contribution in [3.05, 3.63) is 71.8 Å². The van der Waals surface area contributed by atoms with Gasteiger partial charge in [-0.1, -0.05) is 73.0 Å². The average Bonchev–Trinajstić information content (AvgIpc) is 3.05. The van der Waals surface area contributed by atoms with Crippen molar-refractivity contribution < 1.29 is 77.1 Å². The minimum atomic E-state index is -5.52. The molecule has 0 aromatic heterocycles. The fraction of sp³-hybridized carbons (Fsp3) is 0.250. The Bertz CT molecular complexity index is 2030. The highest BCUT2D eigenvalue weighted by molar-refractivity contribution is 8.01. The summed E-state index contributed by atoms with van der Waals surface area (Å²) in [6.45, 7) is 3.91. The highest BCUT2D eigenvalue weighted by Crippen LogP contribution is 2.72. The fourth-order valence-corrected chi connectivity index (χ4v) is 15.2. The van der Waals surface area contributed by atoms with Crippen LogP contribution in [0, 0.1) is 0 Å². The van der Waals surface area contributed by atoms with Gasteiger partial charge in [0.15, 0.2) is 10.8 Å². The van der Waals surface area contributed by atoms with Gasteiger partial charge in [0.1, 0.15) is 23.0 Å². The van der Waals surface area contributed by atoms with Crippen LogP contribution in [0.5, 0.6) is 23.0 Å². The Labute approximate surface area is 337 Å². The van der Waals surface area contributed by atoms with E-state index < -0.39 is 63.8 Å². The summed E-state index contributed by atoms with van der Waals surface area (Å²) in [4.78, 5) is 82.2. The first kappa shape index (κ1) is 45.2. The number of hydrogen-bond acceptors (Lipinski definition) is 12. The van der Waals surface area contributed by atoms with Gasteiger partial charge in [0.2, 0.25) is 0 Å². The van der Waals surface area contributed by atoms with Gasteiger partial charge in [-0.3, -0.25) is 18.3 Å². The molecule has 0 spiro atoms. The second-order valence-corrected chi connectivity index (χ2v) is 24.0. The molecule has 8 bridgehead atoms. The molecule has 5 rings (SSSR count). The van der Waals surface area contributed by atoms with E-state index in [1.165, 1.54) is 0 Å². The van der Waals surface area contributed by atoms with E-state index >= 15 is 0 Å². The van der Waals surface area contributed by atoms with Gasteiger partial charge >= 0.3 is 30.4 Å². The number of benzene rings is 4. The van der Waals surface area contributed by atoms with Gasteiger partial charge in [-0.2, -0.15) is 0 Å². The monoisotopic (exact) mass is 928 g/mol. The number of hydrogen-bond donors (Lipinski definition) is 10. The maximum Gasteiger partial charge on any atom is 0.345 e. The van der Waals surface area contributed by atoms with E-state index in [0.717, 1.165) is 71.3 Å². The Hall–Kier alpha value is -1.92. The van der Waals surface area contributed by atoms with E-state index in [2.05, 4.69) is 0 Å². The van der Waals surface area contributed by atoms with Crippen molar-refractivity contribution in [1.82, 2.24) is 0 Å². The van der Waals surface area contributed by atoms with E-state index in [4.69, 9.17) is 9.47 Å². The van der Waals surface area contributed by atoms with Crippen molar-refractivity contribution in [1.29, 1.82) is 0 Å². The molecule has 16 nitrogen and oxygen atoms in total. The molecule has 0 saturated heterocycles. The van der Waals surface area contributed by atoms with Crippen LogP contribution in [-0.2, 0) is 18.3 Å². The molecule has 0 radical (unpaired) electrons. The zero-order valence-corrected chi connectivity index (χ0v) is 35.9. The lowest BCUT2D eigenvalue weighted by Crippen LogP contribution is -2.03. The zero-order chi connectivity index (χ0) is 41.4. The second kappa shape index (κ2) is 17.7. The summed E-state index contributed by atoms with van der Waals surface area (Å²) in [5.74, 6) is -0.507. The Morgan fingerprint density at radius 3 is 0.946 bits per heavy atom. The van der Waals surface area contributed by atoms with Crippen LogP contribution in [0.2, 0.25) is 0 Å². The molecule has 0 saturated carbocycles. The highest BCUT2D eigenvalue weighted by atomic mass is 32.2. The number of rotatable bonds is 12. The SMILES string of the molecule is CCCOc1c2cccc1Sc1cc(C(P(=O)(O)O)P(=O)(O)O)cc(c1O)Sc1cccc(c1OCCC)Sc1cc(C(P(=O)(O)O)P(=O)(O)O)cc(c1O)S2. The molecule has 4 aromatic carbocycles. The Morgan fingerprint density at radius 2 is 0.732 bits per heavy atom. The largest absolute Gasteiger partial charge is 0.506 e. The lowest BCUT2D eigenvalue weighted by molar-refractivity contribution is 0.302. The van der Waals surface area contributed by atoms with Crippen LogP contribution in [0.1, 0.15) is 48.6 Å². The molecule has 0 unspecified atom stereocenters. The maximum atomic E-state index is 12.6. The van der Waals surface area contributed by atoms with Crippen molar-refractivity contribution in [3.8, 4) is 23.0 Å². The number of fused-ring (bicyclic) bond motifs is 8. The van der Waals surface area contributed by atoms with Crippen molar-refractivity contribution in [2.75, 3.05) is 13.2 Å². The van der Waals surface area contributed by atoms with Gasteiger partial charge in [-0.15, -0.1) is 0 Å². The molecule has 1 heterocycles. The average molecular weight is 929 g/mol. The van der Waals surface area contributed by atoms with E-state index in [1.807, 2.05) is 13.8 Å². The van der Waals surface area contributed by atoms with Gasteiger partial charge in [-0.05, 0) is 72.5 Å². The Morgan fingerprint density at radius 1 is 0.482 bits per heavy atom. The highest BCUT2D eigenvalue weighted by Gasteiger charge is 2.46. The summed E-state index contributed by atoms with van der Waals surface area (Å²) in [7, 11) is -22.1. The number of phenolic OH excluding ortho intramolecular Hbond substituents is 2. The molecule has 24 heteroatoms. The smallest absolute Gasteiger partial charge is 0.345 e. The summed E-state index contributed by atoms with van der Waals surface area (Å²) >= 11 is 3.33. The summed E-state index contributed by atoms with van der Waals surface area (Å²) in [6, 6.07) is 13.6. The van der Waals surface area contributed by atoms with Gasteiger partial charge in [0.05, 0.1) is 52.4 Å². The zero-order valence-electron chi connectivity index (χ0n) is 29.1. The molecular weight excluding hydrogens is 893 g/mol. The minimum absolute atomic E-state index is 0.0766. The molecule has 0 fully saturated rings. The molecule has 0 amide bonds. The first-order chi connectivity index (χ1) is 26.0. The predicted octanol–water partition coefficient (Wildman–Crippen LogP) is 8.30. The van der Waals surface area contributed by atoms with Crippen LogP contribution in [0.4, 0.5) is 0 Å². The first-order valence-electron chi connectivity index (χ1n) is 16.2. The van der Waals surface area contributed by atoms with E-state index in [9.17, 15) is 67.6 Å². The molecular formula is C32H36O16P4S4. The van der Waals surface area contributed by atoms with Gasteiger partial charge < -0.3 is 58.8 Å². The minimum Gasteiger partial charge on any atom is -0.506 e. The topological polar surface area (TPSA) is 289 Å². The number of phenols is 2. The predicted molar refractivity (Wildman–Crippen MR) is 211 cm³/mol. The third-order valence-corrected chi connectivity index (χ3v) is 19.3. The van der Waals surface area contributed by atoms with E-state index in [1.54, 1.807) is 36.4 Å². The molecule has 1 aliphatic rings. The first-order valence-corrected chi connectivity index (χ1v) is 26.2. The van der Waals surface area contributed by atoms with Crippen LogP contribution in [0.15, 0.2) is 99.8 Å². The van der Waals surface area contributed by atoms with Gasteiger partial charge in [0, 0.05) is 0 Å². The molecule has 56 heavy (non-hydrogen) atoms. The van der Waals surface area contributed by atoms with Crippen LogP contribution >= 0.6 is 77.4 Å². The van der Waals surface area contributed by atoms with Crippen molar-refractivity contribution in [2.45, 2.75) is 76.7 Å². The number of para-hydroxylation sites is 2. The van der Waals surface area contributed by atoms with E-state index in [-0.39, 0.29) is 63.9 Å². The lowest BCUT2D eigenvalue weighted by Gasteiger charge is -2.24. The Kier molecular flexibility index (Phi) is 14.3. The standard InChI is InChI=1S/C32H36O16P4S4/c1-3-11-47-29-19-7-5-8-20(29)54-24-14-18(32(51(41,42)43)52(44,45)46)16-26(28(24)34)56-22-10-6-9-21(30(22)48-12-4-2)55-25-15-17(13-23(53-19)27(25)33)31(49(35,36)37)50(38,39)40/h5-10,13-16,31-34H,3-4,11-12H2,1-2H3,(H2,35,36,37)(H2,38,39,40)(H2,41,42,43)(H2,44,45,46). The third kappa shape index (κ3) is 10.4. The molecule has 10 N–H and O–H groups in total. The van der Waals surface area contributed by atoms with Crippen molar-refractivity contribution in [3.63, 3.8) is 0 Å². The third-order valence-electron chi connectivity index (χ3n) is 7.66. The quantitative estimate of drug-likeness (QED) is 0.0526. The number of ether oxygens (including phenoxy) is 2. The Balaban J connectivity index is 1.88. The molecule has 304 valence electrons. The number of aromatic hydroxyl groups is 2. The normalized spacial score (nSPS) is 13.9. The van der Waals surface area contributed by atoms with Gasteiger partial charge in [-0.25, -0.2) is 0 Å². The molecule has 4 aromatic rings. The summed E-state index contributed by atoms with van der Waals surface area (Å²) in [5, 5.41) is 18.3. The molecule has 0 aliphatic carbocycles. The molecule has 0 atom stereocenters. The second-order valence-electron chi connectivity index (χ2n) is 12.1. The van der Waals surface area contributed by atoms with Crippen LogP contribution in [0.3, 0.4) is 0 Å². The maximum absolute atomic E-state index is 12.6. The van der Waals surface area contributed by atoms with Crippen molar-refractivity contribution >= 4 is 77.4 Å². The van der Waals surface area contributed by atoms with Crippen LogP contribution in [-0.4, -0.2) is 62.6 Å². The van der Waals surface area contributed by atoms with Crippen LogP contribution < -0.4 is 9.47 Å². The van der Waals surface area contributed by atoms with E-state index in [0.29, 0.717) is 12.8 Å². The lowest BCUT2D eigenvalue weighted by atomic mass is 10.2. The summed E-state index contributed by atoms with van der Waals surface area (Å²) in [5.41, 5.74) is -0.924. The van der Waals surface area contributed by atoms with Crippen molar-refractivity contribution in [2.24, 2.45) is 0 Å². The fourth-order valence-electron chi connectivity index (χ4n) is 5.46. The molecule has 1 aliphatic heterocycles. The van der Waals surface area contributed by atoms with Gasteiger partial charge in [0.25, 0.3) is 0 Å². The summed E-state index contributed by atoms with van der Waals surface area (Å²) in [6.07, 6.45) is 1.01. The van der Waals surface area contributed by atoms with Crippen LogP contribution in [0.25, 0.3) is 0 Å².